The summed E-state index contributed by atoms with van der Waals surface area (Å²) in [7, 11) is 0. The predicted molar refractivity (Wildman–Crippen MR) is 82.1 cm³/mol. The van der Waals surface area contributed by atoms with Crippen molar-refractivity contribution in [3.63, 3.8) is 0 Å². The summed E-state index contributed by atoms with van der Waals surface area (Å²) in [6.45, 7) is 0.447. The van der Waals surface area contributed by atoms with Crippen LogP contribution in [-0.2, 0) is 11.2 Å². The molecule has 1 aromatic carbocycles. The molecule has 0 unspecified atom stereocenters. The Labute approximate surface area is 127 Å². The maximum atomic E-state index is 11.8. The molecular weight excluding hydrogens is 294 g/mol. The quantitative estimate of drug-likeness (QED) is 0.861. The van der Waals surface area contributed by atoms with E-state index in [1.807, 2.05) is 35.7 Å². The monoisotopic (exact) mass is 309 g/mol. The van der Waals surface area contributed by atoms with E-state index in [1.165, 1.54) is 11.3 Å². The van der Waals surface area contributed by atoms with Gasteiger partial charge in [0.25, 0.3) is 0 Å². The zero-order chi connectivity index (χ0) is 14.4. The van der Waals surface area contributed by atoms with Crippen molar-refractivity contribution in [3.05, 3.63) is 57.2 Å². The lowest BCUT2D eigenvalue weighted by Gasteiger charge is -2.10. The number of amides is 1. The largest absolute Gasteiger partial charge is 0.388 e. The van der Waals surface area contributed by atoms with E-state index >= 15 is 0 Å². The summed E-state index contributed by atoms with van der Waals surface area (Å²) in [5, 5.41) is 15.2. The third kappa shape index (κ3) is 4.34. The highest BCUT2D eigenvalue weighted by molar-refractivity contribution is 7.10. The lowest BCUT2D eigenvalue weighted by atomic mass is 10.1. The predicted octanol–water partition coefficient (Wildman–Crippen LogP) is 3.18. The van der Waals surface area contributed by atoms with Crippen molar-refractivity contribution in [1.82, 2.24) is 5.32 Å². The van der Waals surface area contributed by atoms with Crippen LogP contribution in [0.5, 0.6) is 0 Å². The summed E-state index contributed by atoms with van der Waals surface area (Å²) in [5.41, 5.74) is 0.811. The van der Waals surface area contributed by atoms with E-state index in [4.69, 9.17) is 11.6 Å². The van der Waals surface area contributed by atoms with Gasteiger partial charge in [0, 0.05) is 16.4 Å². The van der Waals surface area contributed by atoms with Crippen LogP contribution in [0.1, 0.15) is 23.0 Å². The minimum absolute atomic E-state index is 0.0866. The van der Waals surface area contributed by atoms with Gasteiger partial charge in [0.1, 0.15) is 0 Å². The number of hydrogen-bond acceptors (Lipinski definition) is 3. The van der Waals surface area contributed by atoms with Gasteiger partial charge in [-0.25, -0.2) is 0 Å². The second kappa shape index (κ2) is 7.43. The van der Waals surface area contributed by atoms with Gasteiger partial charge in [-0.2, -0.15) is 0 Å². The number of halogens is 1. The van der Waals surface area contributed by atoms with E-state index in [0.29, 0.717) is 18.0 Å². The average Bonchev–Trinajstić information content (AvgIpc) is 2.95. The topological polar surface area (TPSA) is 49.3 Å². The number of benzene rings is 1. The van der Waals surface area contributed by atoms with Crippen molar-refractivity contribution >= 4 is 28.8 Å². The molecule has 20 heavy (non-hydrogen) atoms. The SMILES string of the molecule is O=C(Cc1ccccc1Cl)NCC[C@H](O)c1cccs1. The molecular formula is C15H16ClNO2S. The van der Waals surface area contributed by atoms with E-state index in [2.05, 4.69) is 5.32 Å². The summed E-state index contributed by atoms with van der Waals surface area (Å²) in [6, 6.07) is 11.1. The van der Waals surface area contributed by atoms with Gasteiger partial charge in [0.15, 0.2) is 0 Å². The fraction of sp³-hybridized carbons (Fsp3) is 0.267. The molecule has 0 spiro atoms. The highest BCUT2D eigenvalue weighted by Gasteiger charge is 2.10. The molecule has 0 aliphatic rings. The van der Waals surface area contributed by atoms with Crippen LogP contribution in [0.3, 0.4) is 0 Å². The molecule has 0 saturated carbocycles. The number of aliphatic hydroxyl groups is 1. The molecule has 1 atom stereocenters. The summed E-state index contributed by atoms with van der Waals surface area (Å²) < 4.78 is 0. The van der Waals surface area contributed by atoms with Gasteiger partial charge in [-0.05, 0) is 29.5 Å². The Morgan fingerprint density at radius 1 is 1.30 bits per heavy atom. The third-order valence-corrected chi connectivity index (χ3v) is 4.26. The zero-order valence-corrected chi connectivity index (χ0v) is 12.5. The van der Waals surface area contributed by atoms with Gasteiger partial charge in [-0.1, -0.05) is 35.9 Å². The molecule has 0 saturated heterocycles. The Balaban J connectivity index is 1.74. The van der Waals surface area contributed by atoms with Gasteiger partial charge in [-0.15, -0.1) is 11.3 Å². The van der Waals surface area contributed by atoms with Crippen molar-refractivity contribution in [2.24, 2.45) is 0 Å². The molecule has 3 nitrogen and oxygen atoms in total. The smallest absolute Gasteiger partial charge is 0.224 e. The fourth-order valence-corrected chi connectivity index (χ4v) is 2.80. The third-order valence-electron chi connectivity index (χ3n) is 2.92. The summed E-state index contributed by atoms with van der Waals surface area (Å²) in [6.07, 6.45) is 0.249. The molecule has 2 rings (SSSR count). The number of hydrogen-bond donors (Lipinski definition) is 2. The van der Waals surface area contributed by atoms with Gasteiger partial charge < -0.3 is 10.4 Å². The molecule has 0 aliphatic carbocycles. The Bertz CT molecular complexity index is 557. The van der Waals surface area contributed by atoms with Gasteiger partial charge >= 0.3 is 0 Å². The summed E-state index contributed by atoms with van der Waals surface area (Å²) >= 11 is 7.52. The van der Waals surface area contributed by atoms with Crippen LogP contribution in [0.2, 0.25) is 5.02 Å². The highest BCUT2D eigenvalue weighted by Crippen LogP contribution is 2.21. The fourth-order valence-electron chi connectivity index (χ4n) is 1.85. The Morgan fingerprint density at radius 3 is 2.80 bits per heavy atom. The number of rotatable bonds is 6. The lowest BCUT2D eigenvalue weighted by molar-refractivity contribution is -0.120. The molecule has 2 N–H and O–H groups in total. The van der Waals surface area contributed by atoms with E-state index in [0.717, 1.165) is 10.4 Å². The lowest BCUT2D eigenvalue weighted by Crippen LogP contribution is -2.27. The number of aliphatic hydroxyl groups excluding tert-OH is 1. The standard InChI is InChI=1S/C15H16ClNO2S/c16-12-5-2-1-4-11(12)10-15(19)17-8-7-13(18)14-6-3-9-20-14/h1-6,9,13,18H,7-8,10H2,(H,17,19)/t13-/m0/s1. The molecule has 1 heterocycles. The highest BCUT2D eigenvalue weighted by atomic mass is 35.5. The maximum absolute atomic E-state index is 11.8. The van der Waals surface area contributed by atoms with Gasteiger partial charge in [-0.3, -0.25) is 4.79 Å². The second-order valence-corrected chi connectivity index (χ2v) is 5.82. The molecule has 1 aromatic heterocycles. The Morgan fingerprint density at radius 2 is 2.10 bits per heavy atom. The number of carbonyl (C=O) groups excluding carboxylic acids is 1. The molecule has 106 valence electrons. The zero-order valence-electron chi connectivity index (χ0n) is 10.9. The first-order chi connectivity index (χ1) is 9.66. The van der Waals surface area contributed by atoms with Crippen molar-refractivity contribution < 1.29 is 9.90 Å². The summed E-state index contributed by atoms with van der Waals surface area (Å²) in [4.78, 5) is 12.7. The van der Waals surface area contributed by atoms with Gasteiger partial charge in [0.05, 0.1) is 12.5 Å². The first-order valence-corrected chi connectivity index (χ1v) is 7.64. The van der Waals surface area contributed by atoms with E-state index < -0.39 is 6.10 Å². The molecule has 0 fully saturated rings. The number of nitrogens with one attached hydrogen (secondary N) is 1. The van der Waals surface area contributed by atoms with Crippen LogP contribution >= 0.6 is 22.9 Å². The minimum atomic E-state index is -0.518. The van der Waals surface area contributed by atoms with Crippen molar-refractivity contribution in [2.45, 2.75) is 18.9 Å². The van der Waals surface area contributed by atoms with Crippen molar-refractivity contribution in [3.8, 4) is 0 Å². The van der Waals surface area contributed by atoms with Crippen molar-refractivity contribution in [2.75, 3.05) is 6.54 Å². The van der Waals surface area contributed by atoms with Crippen molar-refractivity contribution in [1.29, 1.82) is 0 Å². The van der Waals surface area contributed by atoms with Crippen LogP contribution in [0.4, 0.5) is 0 Å². The molecule has 1 amide bonds. The number of carbonyl (C=O) groups is 1. The van der Waals surface area contributed by atoms with Crippen LogP contribution in [0.15, 0.2) is 41.8 Å². The van der Waals surface area contributed by atoms with E-state index in [9.17, 15) is 9.90 Å². The molecule has 2 aromatic rings. The molecule has 5 heteroatoms. The summed E-state index contributed by atoms with van der Waals surface area (Å²) in [5.74, 6) is -0.0866. The second-order valence-electron chi connectivity index (χ2n) is 4.44. The first-order valence-electron chi connectivity index (χ1n) is 6.38. The van der Waals surface area contributed by atoms with Gasteiger partial charge in [0.2, 0.25) is 5.91 Å². The van der Waals surface area contributed by atoms with Crippen LogP contribution in [0, 0.1) is 0 Å². The number of thiophene rings is 1. The van der Waals surface area contributed by atoms with Crippen LogP contribution < -0.4 is 5.32 Å². The normalized spacial score (nSPS) is 12.1. The van der Waals surface area contributed by atoms with Crippen LogP contribution in [-0.4, -0.2) is 17.6 Å². The maximum Gasteiger partial charge on any atom is 0.224 e. The van der Waals surface area contributed by atoms with E-state index in [-0.39, 0.29) is 12.3 Å². The molecule has 0 aliphatic heterocycles. The Kier molecular flexibility index (Phi) is 5.59. The average molecular weight is 310 g/mol. The van der Waals surface area contributed by atoms with E-state index in [1.54, 1.807) is 6.07 Å². The molecule has 0 bridgehead atoms. The molecule has 0 radical (unpaired) electrons. The van der Waals surface area contributed by atoms with Crippen LogP contribution in [0.25, 0.3) is 0 Å². The minimum Gasteiger partial charge on any atom is -0.388 e. The first kappa shape index (κ1) is 15.0. The Hall–Kier alpha value is -1.36.